The number of aryl methyl sites for hydroxylation is 1. The Bertz CT molecular complexity index is 1290. The maximum atomic E-state index is 13.5. The van der Waals surface area contributed by atoms with Crippen LogP contribution in [0.2, 0.25) is 0 Å². The summed E-state index contributed by atoms with van der Waals surface area (Å²) in [5.74, 6) is 0.908. The fraction of sp³-hybridized carbons (Fsp3) is 0.333. The Kier molecular flexibility index (Phi) is 7.98. The van der Waals surface area contributed by atoms with Gasteiger partial charge in [0.05, 0.1) is 5.69 Å². The second kappa shape index (κ2) is 11.7. The van der Waals surface area contributed by atoms with Gasteiger partial charge in [0.25, 0.3) is 0 Å². The third-order valence-electron chi connectivity index (χ3n) is 6.70. The van der Waals surface area contributed by atoms with Gasteiger partial charge in [-0.1, -0.05) is 16.6 Å². The van der Waals surface area contributed by atoms with E-state index in [2.05, 4.69) is 71.3 Å². The lowest BCUT2D eigenvalue weighted by molar-refractivity contribution is 0.118. The van der Waals surface area contributed by atoms with E-state index in [4.69, 9.17) is 0 Å². The van der Waals surface area contributed by atoms with Crippen LogP contribution in [0.15, 0.2) is 60.1 Å². The molecule has 2 aromatic carbocycles. The smallest absolute Gasteiger partial charge is 0.229 e. The molecule has 1 fully saturated rings. The van der Waals surface area contributed by atoms with Gasteiger partial charge in [-0.25, -0.2) is 9.37 Å². The van der Waals surface area contributed by atoms with E-state index in [1.807, 2.05) is 5.38 Å². The van der Waals surface area contributed by atoms with E-state index < -0.39 is 0 Å². The summed E-state index contributed by atoms with van der Waals surface area (Å²) < 4.78 is 17.5. The second-order valence-electron chi connectivity index (χ2n) is 9.50. The number of nitrogens with zero attached hydrogens (tertiary/aromatic N) is 6. The first-order valence-electron chi connectivity index (χ1n) is 12.4. The van der Waals surface area contributed by atoms with E-state index in [1.54, 1.807) is 31.3 Å². The molecule has 0 atom stereocenters. The van der Waals surface area contributed by atoms with Crippen molar-refractivity contribution in [3.05, 3.63) is 82.7 Å². The first-order valence-corrected chi connectivity index (χ1v) is 13.3. The zero-order valence-corrected chi connectivity index (χ0v) is 21.9. The predicted molar refractivity (Wildman–Crippen MR) is 146 cm³/mol. The first-order chi connectivity index (χ1) is 18.0. The number of rotatable bonds is 9. The molecular weight excluding hydrogens is 487 g/mol. The first kappa shape index (κ1) is 25.2. The molecule has 0 bridgehead atoms. The maximum absolute atomic E-state index is 13.5. The average molecular weight is 519 g/mol. The molecular formula is C27H31FN8S. The SMILES string of the molecule is Cc1cc(Nc2ccnc(Nc3ccc(CN4CCC(N(C)Cc5csnn5)CC4)cc3)n2)ccc1F. The van der Waals surface area contributed by atoms with Crippen LogP contribution in [0.5, 0.6) is 0 Å². The summed E-state index contributed by atoms with van der Waals surface area (Å²) >= 11 is 1.41. The van der Waals surface area contributed by atoms with E-state index in [0.717, 1.165) is 56.1 Å². The topological polar surface area (TPSA) is 82.1 Å². The molecule has 3 heterocycles. The van der Waals surface area contributed by atoms with Crippen LogP contribution in [-0.4, -0.2) is 55.5 Å². The van der Waals surface area contributed by atoms with Crippen LogP contribution >= 0.6 is 11.5 Å². The van der Waals surface area contributed by atoms with Gasteiger partial charge in [-0.05, 0) is 99.0 Å². The van der Waals surface area contributed by atoms with Gasteiger partial charge in [0.2, 0.25) is 5.95 Å². The lowest BCUT2D eigenvalue weighted by Crippen LogP contribution is -2.42. The Morgan fingerprint density at radius 1 is 1.05 bits per heavy atom. The molecule has 1 aliphatic heterocycles. The Morgan fingerprint density at radius 2 is 1.84 bits per heavy atom. The minimum absolute atomic E-state index is 0.225. The minimum atomic E-state index is -0.225. The number of likely N-dealkylation sites (tertiary alicyclic amines) is 1. The Morgan fingerprint density at radius 3 is 2.57 bits per heavy atom. The maximum Gasteiger partial charge on any atom is 0.229 e. The molecule has 0 saturated carbocycles. The van der Waals surface area contributed by atoms with E-state index in [9.17, 15) is 4.39 Å². The van der Waals surface area contributed by atoms with Gasteiger partial charge in [0, 0.05) is 42.1 Å². The summed E-state index contributed by atoms with van der Waals surface area (Å²) in [5, 5.41) is 12.7. The highest BCUT2D eigenvalue weighted by Gasteiger charge is 2.23. The van der Waals surface area contributed by atoms with Crippen molar-refractivity contribution in [3.8, 4) is 0 Å². The van der Waals surface area contributed by atoms with Crippen LogP contribution in [-0.2, 0) is 13.1 Å². The van der Waals surface area contributed by atoms with Crippen molar-refractivity contribution in [2.75, 3.05) is 30.8 Å². The molecule has 8 nitrogen and oxygen atoms in total. The zero-order valence-electron chi connectivity index (χ0n) is 21.1. The largest absolute Gasteiger partial charge is 0.340 e. The lowest BCUT2D eigenvalue weighted by Gasteiger charge is -2.36. The lowest BCUT2D eigenvalue weighted by atomic mass is 10.0. The number of nitrogens with one attached hydrogen (secondary N) is 2. The zero-order chi connectivity index (χ0) is 25.6. The number of benzene rings is 2. The average Bonchev–Trinajstić information content (AvgIpc) is 3.41. The summed E-state index contributed by atoms with van der Waals surface area (Å²) in [6.45, 7) is 5.72. The van der Waals surface area contributed by atoms with Gasteiger partial charge in [-0.2, -0.15) is 4.98 Å². The van der Waals surface area contributed by atoms with Gasteiger partial charge >= 0.3 is 0 Å². The molecule has 0 radical (unpaired) electrons. The molecule has 192 valence electrons. The van der Waals surface area contributed by atoms with Crippen LogP contribution in [0.4, 0.5) is 27.5 Å². The number of anilines is 4. The van der Waals surface area contributed by atoms with E-state index in [1.165, 1.54) is 23.2 Å². The number of aromatic nitrogens is 4. The molecule has 2 aromatic heterocycles. The number of hydrogen-bond donors (Lipinski definition) is 2. The summed E-state index contributed by atoms with van der Waals surface area (Å²) in [6.07, 6.45) is 4.01. The highest BCUT2D eigenvalue weighted by Crippen LogP contribution is 2.22. The second-order valence-corrected chi connectivity index (χ2v) is 10.1. The molecule has 0 unspecified atom stereocenters. The third kappa shape index (κ3) is 6.85. The van der Waals surface area contributed by atoms with Crippen LogP contribution in [0.1, 0.15) is 29.7 Å². The van der Waals surface area contributed by atoms with Crippen molar-refractivity contribution in [1.82, 2.24) is 29.4 Å². The van der Waals surface area contributed by atoms with Gasteiger partial charge in [0.15, 0.2) is 0 Å². The van der Waals surface area contributed by atoms with Gasteiger partial charge in [-0.3, -0.25) is 9.80 Å². The van der Waals surface area contributed by atoms with Crippen molar-refractivity contribution in [3.63, 3.8) is 0 Å². The molecule has 1 aliphatic rings. The summed E-state index contributed by atoms with van der Waals surface area (Å²) in [4.78, 5) is 13.8. The van der Waals surface area contributed by atoms with Crippen molar-refractivity contribution >= 4 is 34.7 Å². The number of halogens is 1. The normalized spacial score (nSPS) is 14.7. The predicted octanol–water partition coefficient (Wildman–Crippen LogP) is 5.36. The van der Waals surface area contributed by atoms with Gasteiger partial charge < -0.3 is 10.6 Å². The molecule has 2 N–H and O–H groups in total. The van der Waals surface area contributed by atoms with E-state index >= 15 is 0 Å². The van der Waals surface area contributed by atoms with E-state index in [-0.39, 0.29) is 5.82 Å². The summed E-state index contributed by atoms with van der Waals surface area (Å²) in [6, 6.07) is 15.7. The van der Waals surface area contributed by atoms with Gasteiger partial charge in [0.1, 0.15) is 11.6 Å². The third-order valence-corrected chi connectivity index (χ3v) is 7.25. The van der Waals surface area contributed by atoms with Crippen molar-refractivity contribution < 1.29 is 4.39 Å². The summed E-state index contributed by atoms with van der Waals surface area (Å²) in [5.41, 5.74) is 4.63. The van der Waals surface area contributed by atoms with Crippen molar-refractivity contribution in [2.45, 2.75) is 38.9 Å². The Hall–Kier alpha value is -3.47. The monoisotopic (exact) mass is 518 g/mol. The quantitative estimate of drug-likeness (QED) is 0.307. The fourth-order valence-electron chi connectivity index (χ4n) is 4.60. The molecule has 0 spiro atoms. The molecule has 0 aliphatic carbocycles. The standard InChI is InChI=1S/C27H31FN8S/c1-19-15-22(7-8-25(19)28)30-26-9-12-29-27(32-26)31-21-5-3-20(4-6-21)16-36-13-10-24(11-14-36)35(2)17-23-18-37-34-33-23/h3-9,12,15,18,24H,10-11,13-14,16-17H2,1-2H3,(H2,29,30,31,32). The molecule has 5 rings (SSSR count). The van der Waals surface area contributed by atoms with Crippen LogP contribution in [0, 0.1) is 12.7 Å². The molecule has 1 saturated heterocycles. The van der Waals surface area contributed by atoms with Crippen LogP contribution in [0.3, 0.4) is 0 Å². The van der Waals surface area contributed by atoms with Crippen LogP contribution < -0.4 is 10.6 Å². The number of hydrogen-bond acceptors (Lipinski definition) is 9. The fourth-order valence-corrected chi connectivity index (χ4v) is 5.04. The van der Waals surface area contributed by atoms with E-state index in [0.29, 0.717) is 23.4 Å². The minimum Gasteiger partial charge on any atom is -0.340 e. The van der Waals surface area contributed by atoms with Gasteiger partial charge in [-0.15, -0.1) is 5.10 Å². The molecule has 4 aromatic rings. The molecule has 37 heavy (non-hydrogen) atoms. The highest BCUT2D eigenvalue weighted by molar-refractivity contribution is 7.03. The number of piperidine rings is 1. The molecule has 10 heteroatoms. The Balaban J connectivity index is 1.11. The molecule has 0 amide bonds. The van der Waals surface area contributed by atoms with Crippen molar-refractivity contribution in [2.24, 2.45) is 0 Å². The van der Waals surface area contributed by atoms with Crippen molar-refractivity contribution in [1.29, 1.82) is 0 Å². The van der Waals surface area contributed by atoms with Crippen LogP contribution in [0.25, 0.3) is 0 Å². The highest BCUT2D eigenvalue weighted by atomic mass is 32.1. The Labute approximate surface area is 220 Å². The summed E-state index contributed by atoms with van der Waals surface area (Å²) in [7, 11) is 2.19.